The summed E-state index contributed by atoms with van der Waals surface area (Å²) < 4.78 is 40.7. The predicted molar refractivity (Wildman–Crippen MR) is 63.4 cm³/mol. The Hall–Kier alpha value is -0.290. The van der Waals surface area contributed by atoms with Gasteiger partial charge < -0.3 is 10.1 Å². The number of ether oxygens (including phenoxy) is 1. The number of hydrogen-bond acceptors (Lipinski definition) is 2. The van der Waals surface area contributed by atoms with E-state index in [9.17, 15) is 13.2 Å². The Morgan fingerprint density at radius 2 is 1.83 bits per heavy atom. The predicted octanol–water partition coefficient (Wildman–Crippen LogP) is 3.27. The van der Waals surface area contributed by atoms with E-state index in [1.165, 1.54) is 25.7 Å². The zero-order valence-electron chi connectivity index (χ0n) is 10.7. The van der Waals surface area contributed by atoms with Gasteiger partial charge in [0.2, 0.25) is 0 Å². The summed E-state index contributed by atoms with van der Waals surface area (Å²) in [6, 6.07) is 0.665. The summed E-state index contributed by atoms with van der Waals surface area (Å²) in [4.78, 5) is 0. The van der Waals surface area contributed by atoms with Gasteiger partial charge in [0, 0.05) is 19.2 Å². The standard InChI is InChI=1S/C13H22F3NO/c14-13(15,16)10-18-8-7-12(5-1-2-6-12)9-17-11-3-4-11/h11,17H,1-10H2. The van der Waals surface area contributed by atoms with Gasteiger partial charge in [-0.05, 0) is 37.5 Å². The number of hydrogen-bond donors (Lipinski definition) is 1. The lowest BCUT2D eigenvalue weighted by molar-refractivity contribution is -0.175. The van der Waals surface area contributed by atoms with Gasteiger partial charge in [-0.15, -0.1) is 0 Å². The first kappa shape index (κ1) is 14.1. The molecular formula is C13H22F3NO. The Labute approximate surface area is 106 Å². The summed E-state index contributed by atoms with van der Waals surface area (Å²) >= 11 is 0. The summed E-state index contributed by atoms with van der Waals surface area (Å²) in [5, 5.41) is 3.52. The van der Waals surface area contributed by atoms with Gasteiger partial charge in [0.15, 0.2) is 0 Å². The minimum atomic E-state index is -4.20. The fraction of sp³-hybridized carbons (Fsp3) is 1.00. The van der Waals surface area contributed by atoms with Crippen LogP contribution in [0.25, 0.3) is 0 Å². The average molecular weight is 265 g/mol. The molecule has 106 valence electrons. The maximum atomic E-state index is 12.0. The van der Waals surface area contributed by atoms with Crippen LogP contribution in [0.15, 0.2) is 0 Å². The Kier molecular flexibility index (Phi) is 4.54. The van der Waals surface area contributed by atoms with Crippen LogP contribution in [-0.2, 0) is 4.74 Å². The highest BCUT2D eigenvalue weighted by Gasteiger charge is 2.35. The molecule has 0 radical (unpaired) electrons. The van der Waals surface area contributed by atoms with Crippen molar-refractivity contribution in [3.8, 4) is 0 Å². The highest BCUT2D eigenvalue weighted by molar-refractivity contribution is 4.90. The van der Waals surface area contributed by atoms with E-state index in [2.05, 4.69) is 5.32 Å². The van der Waals surface area contributed by atoms with Crippen LogP contribution in [0, 0.1) is 5.41 Å². The Morgan fingerprint density at radius 1 is 1.17 bits per heavy atom. The molecule has 0 aromatic carbocycles. The molecule has 18 heavy (non-hydrogen) atoms. The van der Waals surface area contributed by atoms with Crippen molar-refractivity contribution in [3.05, 3.63) is 0 Å². The van der Waals surface area contributed by atoms with Crippen LogP contribution in [-0.4, -0.2) is 32.0 Å². The van der Waals surface area contributed by atoms with Crippen molar-refractivity contribution < 1.29 is 17.9 Å². The van der Waals surface area contributed by atoms with Crippen molar-refractivity contribution in [3.63, 3.8) is 0 Å². The molecule has 0 aromatic heterocycles. The molecule has 0 aliphatic heterocycles. The normalized spacial score (nSPS) is 23.5. The van der Waals surface area contributed by atoms with Crippen LogP contribution < -0.4 is 5.32 Å². The molecule has 2 aliphatic carbocycles. The summed E-state index contributed by atoms with van der Waals surface area (Å²) in [5.41, 5.74) is 0.189. The lowest BCUT2D eigenvalue weighted by Crippen LogP contribution is -2.34. The highest BCUT2D eigenvalue weighted by atomic mass is 19.4. The van der Waals surface area contributed by atoms with E-state index >= 15 is 0 Å². The van der Waals surface area contributed by atoms with Gasteiger partial charge in [-0.3, -0.25) is 0 Å². The Morgan fingerprint density at radius 3 is 2.39 bits per heavy atom. The van der Waals surface area contributed by atoms with E-state index in [4.69, 9.17) is 4.74 Å². The molecule has 1 N–H and O–H groups in total. The van der Waals surface area contributed by atoms with Crippen molar-refractivity contribution >= 4 is 0 Å². The number of rotatable bonds is 7. The SMILES string of the molecule is FC(F)(F)COCCC1(CNC2CC2)CCCC1. The Balaban J connectivity index is 1.68. The minimum absolute atomic E-state index is 0.189. The monoisotopic (exact) mass is 265 g/mol. The number of halogens is 3. The molecule has 0 amide bonds. The van der Waals surface area contributed by atoms with E-state index in [0.717, 1.165) is 25.8 Å². The van der Waals surface area contributed by atoms with Crippen molar-refractivity contribution in [2.45, 2.75) is 57.2 Å². The fourth-order valence-electron chi connectivity index (χ4n) is 2.77. The molecule has 2 nitrogen and oxygen atoms in total. The van der Waals surface area contributed by atoms with Gasteiger partial charge in [0.25, 0.3) is 0 Å². The lowest BCUT2D eigenvalue weighted by atomic mass is 9.83. The van der Waals surface area contributed by atoms with E-state index in [0.29, 0.717) is 6.04 Å². The van der Waals surface area contributed by atoms with Crippen LogP contribution in [0.5, 0.6) is 0 Å². The maximum absolute atomic E-state index is 12.0. The van der Waals surface area contributed by atoms with Crippen molar-refractivity contribution in [1.82, 2.24) is 5.32 Å². The zero-order valence-corrected chi connectivity index (χ0v) is 10.7. The molecular weight excluding hydrogens is 243 g/mol. The first-order valence-corrected chi connectivity index (χ1v) is 6.87. The van der Waals surface area contributed by atoms with Crippen LogP contribution in [0.2, 0.25) is 0 Å². The molecule has 5 heteroatoms. The second-order valence-corrected chi connectivity index (χ2v) is 5.78. The summed E-state index contributed by atoms with van der Waals surface area (Å²) in [6.07, 6.45) is 3.71. The molecule has 0 heterocycles. The van der Waals surface area contributed by atoms with Gasteiger partial charge in [-0.25, -0.2) is 0 Å². The molecule has 0 bridgehead atoms. The summed E-state index contributed by atoms with van der Waals surface area (Å²) in [7, 11) is 0. The quantitative estimate of drug-likeness (QED) is 0.713. The summed E-state index contributed by atoms with van der Waals surface area (Å²) in [5.74, 6) is 0. The van der Waals surface area contributed by atoms with E-state index in [-0.39, 0.29) is 12.0 Å². The molecule has 2 aliphatic rings. The second-order valence-electron chi connectivity index (χ2n) is 5.78. The molecule has 0 spiro atoms. The summed E-state index contributed by atoms with van der Waals surface area (Å²) in [6.45, 7) is 0.0675. The number of alkyl halides is 3. The zero-order chi connectivity index (χ0) is 13.1. The average Bonchev–Trinajstić information content (AvgIpc) is 3.01. The van der Waals surface area contributed by atoms with Gasteiger partial charge >= 0.3 is 6.18 Å². The van der Waals surface area contributed by atoms with Crippen LogP contribution in [0.4, 0.5) is 13.2 Å². The van der Waals surface area contributed by atoms with E-state index in [1.807, 2.05) is 0 Å². The molecule has 0 aromatic rings. The van der Waals surface area contributed by atoms with Crippen LogP contribution >= 0.6 is 0 Å². The Bertz CT molecular complexity index is 257. The van der Waals surface area contributed by atoms with Crippen molar-refractivity contribution in [2.75, 3.05) is 19.8 Å². The third kappa shape index (κ3) is 4.76. The van der Waals surface area contributed by atoms with Crippen LogP contribution in [0.3, 0.4) is 0 Å². The van der Waals surface area contributed by atoms with Gasteiger partial charge in [-0.1, -0.05) is 12.8 Å². The van der Waals surface area contributed by atoms with Crippen LogP contribution in [0.1, 0.15) is 44.9 Å². The largest absolute Gasteiger partial charge is 0.411 e. The van der Waals surface area contributed by atoms with Crippen molar-refractivity contribution in [1.29, 1.82) is 0 Å². The second kappa shape index (κ2) is 5.78. The van der Waals surface area contributed by atoms with Crippen molar-refractivity contribution in [2.24, 2.45) is 5.41 Å². The molecule has 2 rings (SSSR count). The molecule has 0 atom stereocenters. The topological polar surface area (TPSA) is 21.3 Å². The first-order chi connectivity index (χ1) is 8.49. The van der Waals surface area contributed by atoms with Gasteiger partial charge in [0.05, 0.1) is 0 Å². The first-order valence-electron chi connectivity index (χ1n) is 6.87. The minimum Gasteiger partial charge on any atom is -0.372 e. The third-order valence-corrected chi connectivity index (χ3v) is 4.05. The molecule has 2 saturated carbocycles. The van der Waals surface area contributed by atoms with Gasteiger partial charge in [0.1, 0.15) is 6.61 Å². The fourth-order valence-corrected chi connectivity index (χ4v) is 2.77. The highest BCUT2D eigenvalue weighted by Crippen LogP contribution is 2.41. The van der Waals surface area contributed by atoms with Gasteiger partial charge in [-0.2, -0.15) is 13.2 Å². The third-order valence-electron chi connectivity index (χ3n) is 4.05. The molecule has 0 saturated heterocycles. The van der Waals surface area contributed by atoms with E-state index in [1.54, 1.807) is 0 Å². The molecule has 2 fully saturated rings. The smallest absolute Gasteiger partial charge is 0.372 e. The molecule has 0 unspecified atom stereocenters. The maximum Gasteiger partial charge on any atom is 0.411 e. The lowest BCUT2D eigenvalue weighted by Gasteiger charge is -2.29. The number of nitrogens with one attached hydrogen (secondary N) is 1. The van der Waals surface area contributed by atoms with E-state index < -0.39 is 12.8 Å².